The molecular weight excluding hydrogens is 190 g/mol. The number of likely N-dealkylation sites (N-methyl/N-ethyl adjacent to an activating group) is 1. The van der Waals surface area contributed by atoms with Crippen LogP contribution in [-0.2, 0) is 4.79 Å². The Morgan fingerprint density at radius 1 is 1.40 bits per heavy atom. The first kappa shape index (κ1) is 10.9. The molecule has 4 heteroatoms. The highest BCUT2D eigenvalue weighted by Crippen LogP contribution is 2.34. The van der Waals surface area contributed by atoms with Crippen LogP contribution in [0.4, 0.5) is 0 Å². The SMILES string of the molecule is CN1CCC(N(C)C(=O)C2(N)CC2)CC1. The van der Waals surface area contributed by atoms with E-state index in [4.69, 9.17) is 5.73 Å². The van der Waals surface area contributed by atoms with Gasteiger partial charge in [-0.3, -0.25) is 4.79 Å². The number of hydrogen-bond donors (Lipinski definition) is 1. The molecule has 0 aromatic carbocycles. The minimum Gasteiger partial charge on any atom is -0.341 e. The molecule has 86 valence electrons. The first-order chi connectivity index (χ1) is 7.03. The Kier molecular flexibility index (Phi) is 2.73. The van der Waals surface area contributed by atoms with Crippen molar-refractivity contribution in [3.8, 4) is 0 Å². The highest BCUT2D eigenvalue weighted by molar-refractivity contribution is 5.89. The minimum atomic E-state index is -0.502. The van der Waals surface area contributed by atoms with Crippen LogP contribution >= 0.6 is 0 Å². The van der Waals surface area contributed by atoms with Crippen molar-refractivity contribution < 1.29 is 4.79 Å². The van der Waals surface area contributed by atoms with Gasteiger partial charge >= 0.3 is 0 Å². The number of carbonyl (C=O) groups is 1. The van der Waals surface area contributed by atoms with Crippen molar-refractivity contribution in [3.05, 3.63) is 0 Å². The van der Waals surface area contributed by atoms with E-state index in [9.17, 15) is 4.79 Å². The smallest absolute Gasteiger partial charge is 0.242 e. The van der Waals surface area contributed by atoms with Crippen LogP contribution < -0.4 is 5.73 Å². The first-order valence-corrected chi connectivity index (χ1v) is 5.78. The number of piperidine rings is 1. The van der Waals surface area contributed by atoms with Crippen molar-refractivity contribution in [2.75, 3.05) is 27.2 Å². The maximum atomic E-state index is 12.0. The molecule has 0 aromatic heterocycles. The van der Waals surface area contributed by atoms with E-state index in [0.29, 0.717) is 6.04 Å². The van der Waals surface area contributed by atoms with Gasteiger partial charge in [0, 0.05) is 13.1 Å². The molecule has 2 fully saturated rings. The van der Waals surface area contributed by atoms with Gasteiger partial charge in [0.15, 0.2) is 0 Å². The third-order valence-electron chi connectivity index (χ3n) is 3.77. The topological polar surface area (TPSA) is 49.6 Å². The minimum absolute atomic E-state index is 0.150. The molecule has 0 unspecified atom stereocenters. The van der Waals surface area contributed by atoms with Gasteiger partial charge in [-0.1, -0.05) is 0 Å². The molecule has 0 aromatic rings. The third kappa shape index (κ3) is 2.16. The van der Waals surface area contributed by atoms with E-state index in [1.54, 1.807) is 0 Å². The summed E-state index contributed by atoms with van der Waals surface area (Å²) in [7, 11) is 4.04. The standard InChI is InChI=1S/C11H21N3O/c1-13-7-3-9(4-8-13)14(2)10(15)11(12)5-6-11/h9H,3-8,12H2,1-2H3. The summed E-state index contributed by atoms with van der Waals surface area (Å²) in [6.45, 7) is 2.17. The largest absolute Gasteiger partial charge is 0.341 e. The zero-order valence-corrected chi connectivity index (χ0v) is 9.70. The molecule has 0 atom stereocenters. The zero-order valence-electron chi connectivity index (χ0n) is 9.70. The molecule has 1 amide bonds. The average Bonchev–Trinajstić information content (AvgIpc) is 2.97. The molecule has 2 N–H and O–H groups in total. The molecule has 1 heterocycles. The Labute approximate surface area is 91.4 Å². The number of hydrogen-bond acceptors (Lipinski definition) is 3. The molecule has 0 radical (unpaired) electrons. The molecule has 4 nitrogen and oxygen atoms in total. The fraction of sp³-hybridized carbons (Fsp3) is 0.909. The van der Waals surface area contributed by atoms with Gasteiger partial charge in [0.05, 0.1) is 5.54 Å². The van der Waals surface area contributed by atoms with E-state index < -0.39 is 5.54 Å². The maximum Gasteiger partial charge on any atom is 0.242 e. The number of likely N-dealkylation sites (tertiary alicyclic amines) is 1. The fourth-order valence-corrected chi connectivity index (χ4v) is 2.25. The lowest BCUT2D eigenvalue weighted by Crippen LogP contribution is -2.51. The van der Waals surface area contributed by atoms with Gasteiger partial charge < -0.3 is 15.5 Å². The maximum absolute atomic E-state index is 12.0. The van der Waals surface area contributed by atoms with Gasteiger partial charge in [-0.2, -0.15) is 0 Å². The number of amides is 1. The monoisotopic (exact) mass is 211 g/mol. The molecule has 15 heavy (non-hydrogen) atoms. The molecule has 1 aliphatic heterocycles. The van der Waals surface area contributed by atoms with E-state index >= 15 is 0 Å². The van der Waals surface area contributed by atoms with E-state index in [0.717, 1.165) is 38.8 Å². The average molecular weight is 211 g/mol. The number of nitrogens with two attached hydrogens (primary N) is 1. The van der Waals surface area contributed by atoms with Crippen molar-refractivity contribution >= 4 is 5.91 Å². The quantitative estimate of drug-likeness (QED) is 0.701. The summed E-state index contributed by atoms with van der Waals surface area (Å²) in [6, 6.07) is 0.398. The van der Waals surface area contributed by atoms with Crippen molar-refractivity contribution in [2.24, 2.45) is 5.73 Å². The molecule has 2 aliphatic rings. The van der Waals surface area contributed by atoms with Gasteiger partial charge in [-0.25, -0.2) is 0 Å². The van der Waals surface area contributed by atoms with E-state index in [2.05, 4.69) is 11.9 Å². The van der Waals surface area contributed by atoms with Gasteiger partial charge in [0.1, 0.15) is 0 Å². The van der Waals surface area contributed by atoms with Crippen molar-refractivity contribution in [2.45, 2.75) is 37.3 Å². The molecular formula is C11H21N3O. The lowest BCUT2D eigenvalue weighted by atomic mass is 10.0. The van der Waals surface area contributed by atoms with Crippen LogP contribution in [-0.4, -0.2) is 54.5 Å². The first-order valence-electron chi connectivity index (χ1n) is 5.78. The summed E-state index contributed by atoms with van der Waals surface area (Å²) in [6.07, 6.45) is 3.88. The van der Waals surface area contributed by atoms with Crippen LogP contribution in [0.2, 0.25) is 0 Å². The normalized spacial score (nSPS) is 26.3. The van der Waals surface area contributed by atoms with Gasteiger partial charge in [-0.05, 0) is 45.8 Å². The van der Waals surface area contributed by atoms with E-state index in [1.807, 2.05) is 11.9 Å². The van der Waals surface area contributed by atoms with Crippen molar-refractivity contribution in [1.29, 1.82) is 0 Å². The molecule has 0 bridgehead atoms. The zero-order chi connectivity index (χ0) is 11.1. The summed E-state index contributed by atoms with van der Waals surface area (Å²) in [5, 5.41) is 0. The third-order valence-corrected chi connectivity index (χ3v) is 3.77. The Morgan fingerprint density at radius 2 is 1.93 bits per heavy atom. The second-order valence-electron chi connectivity index (χ2n) is 5.11. The summed E-state index contributed by atoms with van der Waals surface area (Å²) < 4.78 is 0. The number of nitrogens with zero attached hydrogens (tertiary/aromatic N) is 2. The summed E-state index contributed by atoms with van der Waals surface area (Å²) in [5.41, 5.74) is 5.42. The second-order valence-corrected chi connectivity index (χ2v) is 5.11. The molecule has 1 saturated carbocycles. The van der Waals surface area contributed by atoms with Crippen LogP contribution in [0, 0.1) is 0 Å². The predicted molar refractivity (Wildman–Crippen MR) is 59.4 cm³/mol. The summed E-state index contributed by atoms with van der Waals surface area (Å²) in [4.78, 5) is 16.2. The Morgan fingerprint density at radius 3 is 2.40 bits per heavy atom. The van der Waals surface area contributed by atoms with Crippen molar-refractivity contribution in [1.82, 2.24) is 9.80 Å². The molecule has 1 aliphatic carbocycles. The van der Waals surface area contributed by atoms with Gasteiger partial charge in [-0.15, -0.1) is 0 Å². The van der Waals surface area contributed by atoms with Crippen LogP contribution in [0.1, 0.15) is 25.7 Å². The number of carbonyl (C=O) groups excluding carboxylic acids is 1. The summed E-state index contributed by atoms with van der Waals surface area (Å²) >= 11 is 0. The van der Waals surface area contributed by atoms with E-state index in [1.165, 1.54) is 0 Å². The fourth-order valence-electron chi connectivity index (χ4n) is 2.25. The van der Waals surface area contributed by atoms with Crippen LogP contribution in [0.3, 0.4) is 0 Å². The van der Waals surface area contributed by atoms with Crippen LogP contribution in [0.5, 0.6) is 0 Å². The highest BCUT2D eigenvalue weighted by Gasteiger charge is 2.48. The Bertz CT molecular complexity index is 255. The van der Waals surface area contributed by atoms with Gasteiger partial charge in [0.25, 0.3) is 0 Å². The van der Waals surface area contributed by atoms with Crippen LogP contribution in [0.25, 0.3) is 0 Å². The number of rotatable bonds is 2. The van der Waals surface area contributed by atoms with Crippen molar-refractivity contribution in [3.63, 3.8) is 0 Å². The van der Waals surface area contributed by atoms with E-state index in [-0.39, 0.29) is 5.91 Å². The second kappa shape index (κ2) is 3.76. The highest BCUT2D eigenvalue weighted by atomic mass is 16.2. The lowest BCUT2D eigenvalue weighted by molar-refractivity contribution is -0.135. The molecule has 1 saturated heterocycles. The Hall–Kier alpha value is -0.610. The molecule has 2 rings (SSSR count). The Balaban J connectivity index is 1.90. The van der Waals surface area contributed by atoms with Crippen LogP contribution in [0.15, 0.2) is 0 Å². The molecule has 0 spiro atoms. The lowest BCUT2D eigenvalue weighted by Gasteiger charge is -2.36. The predicted octanol–water partition coefficient (Wildman–Crippen LogP) is 0.0303. The van der Waals surface area contributed by atoms with Gasteiger partial charge in [0.2, 0.25) is 5.91 Å². The summed E-state index contributed by atoms with van der Waals surface area (Å²) in [5.74, 6) is 0.150.